The van der Waals surface area contributed by atoms with E-state index in [0.717, 1.165) is 24.7 Å². The van der Waals surface area contributed by atoms with E-state index in [0.29, 0.717) is 0 Å². The molecule has 0 atom stereocenters. The van der Waals surface area contributed by atoms with E-state index in [4.69, 9.17) is 0 Å². The highest BCUT2D eigenvalue weighted by Gasteiger charge is 2.12. The molecule has 0 amide bonds. The molecule has 2 aliphatic heterocycles. The van der Waals surface area contributed by atoms with Gasteiger partial charge < -0.3 is 16.0 Å². The molecular formula is C6H8N4. The monoisotopic (exact) mass is 136 g/mol. The largest absolute Gasteiger partial charge is 0.440 e. The Morgan fingerprint density at radius 3 is 3.20 bits per heavy atom. The predicted molar refractivity (Wildman–Crippen MR) is 35.8 cm³/mol. The Labute approximate surface area is 59.4 Å². The van der Waals surface area contributed by atoms with Crippen LogP contribution in [0.4, 0.5) is 0 Å². The van der Waals surface area contributed by atoms with Gasteiger partial charge in [0.15, 0.2) is 5.70 Å². The van der Waals surface area contributed by atoms with Gasteiger partial charge in [-0.1, -0.05) is 0 Å². The zero-order chi connectivity index (χ0) is 6.81. The van der Waals surface area contributed by atoms with Crippen molar-refractivity contribution in [2.24, 2.45) is 0 Å². The van der Waals surface area contributed by atoms with Crippen LogP contribution in [-0.4, -0.2) is 13.3 Å². The van der Waals surface area contributed by atoms with E-state index in [9.17, 15) is 0 Å². The van der Waals surface area contributed by atoms with Crippen LogP contribution in [0.2, 0.25) is 0 Å². The fourth-order valence-electron chi connectivity index (χ4n) is 0.920. The topological polar surface area (TPSA) is 48.1 Å². The molecule has 0 spiro atoms. The first-order valence-corrected chi connectivity index (χ1v) is 3.16. The summed E-state index contributed by atoms with van der Waals surface area (Å²) in [6.45, 7) is 1.43. The van der Waals surface area contributed by atoms with Gasteiger partial charge in [0.05, 0.1) is 12.4 Å². The lowest BCUT2D eigenvalue weighted by molar-refractivity contribution is 0.592. The summed E-state index contributed by atoms with van der Waals surface area (Å²) in [5.74, 6) is 0. The summed E-state index contributed by atoms with van der Waals surface area (Å²) >= 11 is 0. The van der Waals surface area contributed by atoms with Gasteiger partial charge in [0, 0.05) is 0 Å². The van der Waals surface area contributed by atoms with Crippen LogP contribution in [0, 0.1) is 12.4 Å². The first-order chi connectivity index (χ1) is 4.97. The lowest BCUT2D eigenvalue weighted by atomic mass is 10.3. The third-order valence-corrected chi connectivity index (χ3v) is 1.38. The summed E-state index contributed by atoms with van der Waals surface area (Å²) in [4.78, 5) is 0. The van der Waals surface area contributed by atoms with Gasteiger partial charge in [-0.3, -0.25) is 5.32 Å². The van der Waals surface area contributed by atoms with Crippen molar-refractivity contribution >= 4 is 0 Å². The first kappa shape index (κ1) is 5.38. The van der Waals surface area contributed by atoms with Crippen molar-refractivity contribution in [3.8, 4) is 0 Å². The number of hydrogen-bond donors (Lipinski definition) is 4. The van der Waals surface area contributed by atoms with Gasteiger partial charge in [-0.25, -0.2) is 0 Å². The van der Waals surface area contributed by atoms with Crippen LogP contribution < -0.4 is 21.3 Å². The molecule has 4 nitrogen and oxygen atoms in total. The van der Waals surface area contributed by atoms with E-state index < -0.39 is 0 Å². The Balaban J connectivity index is 2.25. The lowest BCUT2D eigenvalue weighted by Gasteiger charge is -2.24. The van der Waals surface area contributed by atoms with Crippen molar-refractivity contribution in [2.45, 2.75) is 0 Å². The Morgan fingerprint density at radius 2 is 2.30 bits per heavy atom. The Hall–Kier alpha value is -1.41. The molecule has 2 aliphatic rings. The zero-order valence-corrected chi connectivity index (χ0v) is 5.41. The third kappa shape index (κ3) is 0.748. The van der Waals surface area contributed by atoms with Crippen molar-refractivity contribution in [3.05, 3.63) is 23.8 Å². The predicted octanol–water partition coefficient (Wildman–Crippen LogP) is -1.42. The molecule has 0 saturated heterocycles. The standard InChI is InChI=1S/C6H8N4/c1-5-6(10-3-7-1)2-8-4-9-5/h7-10H,3-4H2. The second-order valence-corrected chi connectivity index (χ2v) is 2.06. The van der Waals surface area contributed by atoms with Crippen molar-refractivity contribution in [1.82, 2.24) is 21.3 Å². The average Bonchev–Trinajstić information content (AvgIpc) is 2.05. The second-order valence-electron chi connectivity index (χ2n) is 2.06. The molecule has 4 N–H and O–H groups in total. The van der Waals surface area contributed by atoms with Crippen LogP contribution in [0.5, 0.6) is 0 Å². The summed E-state index contributed by atoms with van der Waals surface area (Å²) in [6.07, 6.45) is 5.95. The summed E-state index contributed by atoms with van der Waals surface area (Å²) in [6, 6.07) is 0. The molecule has 0 aromatic carbocycles. The minimum Gasteiger partial charge on any atom is -0.440 e. The molecule has 10 heavy (non-hydrogen) atoms. The van der Waals surface area contributed by atoms with Gasteiger partial charge >= 0.3 is 0 Å². The Morgan fingerprint density at radius 1 is 1.30 bits per heavy atom. The number of fused-ring (bicyclic) bond motifs is 1. The second kappa shape index (κ2) is 2.08. The van der Waals surface area contributed by atoms with Crippen molar-refractivity contribution in [2.75, 3.05) is 13.3 Å². The van der Waals surface area contributed by atoms with E-state index in [1.165, 1.54) is 0 Å². The van der Waals surface area contributed by atoms with E-state index >= 15 is 0 Å². The molecule has 0 aromatic heterocycles. The fraction of sp³-hybridized carbons (Fsp3) is 0.333. The lowest BCUT2D eigenvalue weighted by Crippen LogP contribution is -2.42. The molecule has 0 unspecified atom stereocenters. The van der Waals surface area contributed by atoms with Gasteiger partial charge in [0.2, 0.25) is 0 Å². The molecule has 52 valence electrons. The van der Waals surface area contributed by atoms with Gasteiger partial charge in [-0.15, -0.1) is 0 Å². The van der Waals surface area contributed by atoms with Crippen molar-refractivity contribution in [3.63, 3.8) is 0 Å². The third-order valence-electron chi connectivity index (χ3n) is 1.38. The zero-order valence-electron chi connectivity index (χ0n) is 5.41. The highest BCUT2D eigenvalue weighted by molar-refractivity contribution is 5.26. The number of rotatable bonds is 0. The quantitative estimate of drug-likeness (QED) is 0.309. The maximum atomic E-state index is 3.09. The summed E-state index contributed by atoms with van der Waals surface area (Å²) in [5.41, 5.74) is 1.90. The molecule has 0 bridgehead atoms. The molecule has 0 aliphatic carbocycles. The first-order valence-electron chi connectivity index (χ1n) is 3.16. The van der Waals surface area contributed by atoms with E-state index in [2.05, 4.69) is 33.7 Å². The van der Waals surface area contributed by atoms with Crippen LogP contribution in [0.1, 0.15) is 0 Å². The summed E-state index contributed by atoms with van der Waals surface area (Å²) < 4.78 is 0. The van der Waals surface area contributed by atoms with Gasteiger partial charge in [0.1, 0.15) is 12.9 Å². The van der Waals surface area contributed by atoms with Crippen molar-refractivity contribution < 1.29 is 0 Å². The van der Waals surface area contributed by atoms with Crippen LogP contribution in [-0.2, 0) is 0 Å². The van der Waals surface area contributed by atoms with Crippen LogP contribution in [0.15, 0.2) is 11.4 Å². The van der Waals surface area contributed by atoms with Gasteiger partial charge in [-0.2, -0.15) is 0 Å². The molecule has 4 heteroatoms. The van der Waals surface area contributed by atoms with Crippen LogP contribution in [0.3, 0.4) is 0 Å². The summed E-state index contributed by atoms with van der Waals surface area (Å²) in [7, 11) is 0. The molecule has 0 aromatic rings. The molecule has 0 fully saturated rings. The highest BCUT2D eigenvalue weighted by Crippen LogP contribution is 2.04. The number of hydrogen-bond acceptors (Lipinski definition) is 4. The van der Waals surface area contributed by atoms with E-state index in [1.807, 2.05) is 0 Å². The molecule has 0 saturated carbocycles. The normalized spacial score (nSPS) is 20.8. The number of nitrogens with one attached hydrogen (secondary N) is 4. The van der Waals surface area contributed by atoms with E-state index in [-0.39, 0.29) is 0 Å². The van der Waals surface area contributed by atoms with Crippen LogP contribution >= 0.6 is 0 Å². The molecular weight excluding hydrogens is 128 g/mol. The Bertz CT molecular complexity index is 172. The van der Waals surface area contributed by atoms with Crippen molar-refractivity contribution in [1.29, 1.82) is 0 Å². The molecule has 2 rings (SSSR count). The highest BCUT2D eigenvalue weighted by atomic mass is 15.2. The molecule has 2 heterocycles. The average molecular weight is 136 g/mol. The van der Waals surface area contributed by atoms with Gasteiger partial charge in [0.25, 0.3) is 0 Å². The SMILES string of the molecule is [C+]1=C2NCN[C-]=C2NCN1. The van der Waals surface area contributed by atoms with E-state index in [1.54, 1.807) is 0 Å². The smallest absolute Gasteiger partial charge is 0.159 e. The van der Waals surface area contributed by atoms with Crippen LogP contribution in [0.25, 0.3) is 0 Å². The maximum Gasteiger partial charge on any atom is 0.159 e. The minimum absolute atomic E-state index is 0.717. The fourth-order valence-corrected chi connectivity index (χ4v) is 0.920. The maximum absolute atomic E-state index is 3.09. The molecule has 0 radical (unpaired) electrons. The summed E-state index contributed by atoms with van der Waals surface area (Å²) in [5, 5.41) is 12.1. The minimum atomic E-state index is 0.717. The Kier molecular flexibility index (Phi) is 1.12. The van der Waals surface area contributed by atoms with Gasteiger partial charge in [-0.05, 0) is 6.20 Å².